The van der Waals surface area contributed by atoms with Gasteiger partial charge in [0.2, 0.25) is 5.91 Å². The average Bonchev–Trinajstić information content (AvgIpc) is 2.80. The van der Waals surface area contributed by atoms with E-state index in [2.05, 4.69) is 22.4 Å². The van der Waals surface area contributed by atoms with Crippen LogP contribution in [0.4, 0.5) is 0 Å². The fourth-order valence-electron chi connectivity index (χ4n) is 2.45. The van der Waals surface area contributed by atoms with E-state index >= 15 is 0 Å². The van der Waals surface area contributed by atoms with Gasteiger partial charge in [-0.15, -0.1) is 0 Å². The third kappa shape index (κ3) is 4.02. The fourth-order valence-corrected chi connectivity index (χ4v) is 2.90. The first kappa shape index (κ1) is 15.9. The molecule has 3 N–H and O–H groups in total. The van der Waals surface area contributed by atoms with E-state index in [1.165, 1.54) is 10.9 Å². The fraction of sp³-hybridized carbons (Fsp3) is 0.438. The van der Waals surface area contributed by atoms with E-state index in [1.54, 1.807) is 11.8 Å². The summed E-state index contributed by atoms with van der Waals surface area (Å²) in [4.78, 5) is 15.1. The molecule has 0 saturated heterocycles. The summed E-state index contributed by atoms with van der Waals surface area (Å²) in [7, 11) is 0. The van der Waals surface area contributed by atoms with Gasteiger partial charge in [-0.2, -0.15) is 11.8 Å². The summed E-state index contributed by atoms with van der Waals surface area (Å²) in [5, 5.41) is 13.7. The van der Waals surface area contributed by atoms with Gasteiger partial charge in [0.15, 0.2) is 0 Å². The van der Waals surface area contributed by atoms with Gasteiger partial charge in [0, 0.05) is 23.1 Å². The minimum atomic E-state index is -0.901. The summed E-state index contributed by atoms with van der Waals surface area (Å²) >= 11 is 1.63. The molecule has 5 heteroatoms. The molecule has 0 saturated carbocycles. The molecule has 0 spiro atoms. The molecule has 1 atom stereocenters. The monoisotopic (exact) mass is 306 g/mol. The Labute approximate surface area is 129 Å². The van der Waals surface area contributed by atoms with Gasteiger partial charge < -0.3 is 15.4 Å². The predicted octanol–water partition coefficient (Wildman–Crippen LogP) is 2.25. The molecule has 2 rings (SSSR count). The Morgan fingerprint density at radius 2 is 2.19 bits per heavy atom. The summed E-state index contributed by atoms with van der Waals surface area (Å²) in [5.74, 6) is 0.511. The molecule has 0 fully saturated rings. The number of carbonyl (C=O) groups excluding carboxylic acids is 1. The maximum absolute atomic E-state index is 11.7. The molecule has 0 radical (unpaired) electrons. The summed E-state index contributed by atoms with van der Waals surface area (Å²) in [6, 6.07) is 8.16. The SMILES string of the molecule is CSCC[C@@H](O)C(=O)NCCc1c(C)[nH]c2ccccc12. The van der Waals surface area contributed by atoms with Gasteiger partial charge in [-0.25, -0.2) is 0 Å². The molecule has 1 amide bonds. The number of aryl methyl sites for hydroxylation is 1. The van der Waals surface area contributed by atoms with E-state index in [-0.39, 0.29) is 5.91 Å². The Morgan fingerprint density at radius 3 is 2.95 bits per heavy atom. The van der Waals surface area contributed by atoms with Crippen molar-refractivity contribution in [2.75, 3.05) is 18.6 Å². The van der Waals surface area contributed by atoms with Gasteiger partial charge in [0.25, 0.3) is 0 Å². The van der Waals surface area contributed by atoms with E-state index in [0.717, 1.165) is 23.4 Å². The molecular formula is C16H22N2O2S. The number of nitrogens with one attached hydrogen (secondary N) is 2. The topological polar surface area (TPSA) is 65.1 Å². The zero-order chi connectivity index (χ0) is 15.2. The zero-order valence-electron chi connectivity index (χ0n) is 12.5. The maximum Gasteiger partial charge on any atom is 0.248 e. The van der Waals surface area contributed by atoms with Crippen LogP contribution in [0.3, 0.4) is 0 Å². The Kier molecular flexibility index (Phi) is 5.70. The number of para-hydroxylation sites is 1. The van der Waals surface area contributed by atoms with Gasteiger partial charge in [-0.1, -0.05) is 18.2 Å². The van der Waals surface area contributed by atoms with E-state index in [9.17, 15) is 9.90 Å². The number of aromatic amines is 1. The molecule has 0 bridgehead atoms. The maximum atomic E-state index is 11.7. The van der Waals surface area contributed by atoms with Crippen LogP contribution < -0.4 is 5.32 Å². The van der Waals surface area contributed by atoms with Crippen molar-refractivity contribution in [1.29, 1.82) is 0 Å². The molecule has 0 aliphatic heterocycles. The van der Waals surface area contributed by atoms with Gasteiger partial charge in [0.05, 0.1) is 0 Å². The molecule has 1 heterocycles. The second-order valence-electron chi connectivity index (χ2n) is 5.11. The number of thioether (sulfide) groups is 1. The quantitative estimate of drug-likeness (QED) is 0.735. The first-order valence-electron chi connectivity index (χ1n) is 7.14. The largest absolute Gasteiger partial charge is 0.383 e. The number of aliphatic hydroxyl groups excluding tert-OH is 1. The zero-order valence-corrected chi connectivity index (χ0v) is 13.3. The number of aromatic nitrogens is 1. The van der Waals surface area contributed by atoms with Crippen LogP contribution in [0.1, 0.15) is 17.7 Å². The lowest BCUT2D eigenvalue weighted by atomic mass is 10.1. The normalized spacial score (nSPS) is 12.5. The Bertz CT molecular complexity index is 609. The molecule has 21 heavy (non-hydrogen) atoms. The molecule has 2 aromatic rings. The third-order valence-electron chi connectivity index (χ3n) is 3.60. The molecule has 0 aliphatic rings. The molecule has 1 aromatic heterocycles. The van der Waals surface area contributed by atoms with Crippen molar-refractivity contribution in [3.8, 4) is 0 Å². The molecule has 4 nitrogen and oxygen atoms in total. The molecule has 114 valence electrons. The molecule has 0 unspecified atom stereocenters. The lowest BCUT2D eigenvalue weighted by Crippen LogP contribution is -2.36. The summed E-state index contributed by atoms with van der Waals surface area (Å²) < 4.78 is 0. The Hall–Kier alpha value is -1.46. The van der Waals surface area contributed by atoms with Crippen LogP contribution in [-0.4, -0.2) is 40.7 Å². The highest BCUT2D eigenvalue weighted by molar-refractivity contribution is 7.98. The highest BCUT2D eigenvalue weighted by Gasteiger charge is 2.14. The van der Waals surface area contributed by atoms with Crippen molar-refractivity contribution in [2.45, 2.75) is 25.9 Å². The highest BCUT2D eigenvalue weighted by atomic mass is 32.2. The van der Waals surface area contributed by atoms with Crippen LogP contribution >= 0.6 is 11.8 Å². The second-order valence-corrected chi connectivity index (χ2v) is 6.10. The van der Waals surface area contributed by atoms with Gasteiger partial charge in [-0.05, 0) is 43.4 Å². The molecule has 1 aromatic carbocycles. The summed E-state index contributed by atoms with van der Waals surface area (Å²) in [5.41, 5.74) is 3.48. The van der Waals surface area contributed by atoms with E-state index in [1.807, 2.05) is 25.3 Å². The number of aliphatic hydroxyl groups is 1. The number of hydrogen-bond acceptors (Lipinski definition) is 3. The number of benzene rings is 1. The minimum absolute atomic E-state index is 0.276. The van der Waals surface area contributed by atoms with Gasteiger partial charge in [0.1, 0.15) is 6.10 Å². The lowest BCUT2D eigenvalue weighted by Gasteiger charge is -2.10. The summed E-state index contributed by atoms with van der Waals surface area (Å²) in [6.07, 6.45) is 2.32. The average molecular weight is 306 g/mol. The number of rotatable bonds is 7. The minimum Gasteiger partial charge on any atom is -0.383 e. The lowest BCUT2D eigenvalue weighted by molar-refractivity contribution is -0.129. The van der Waals surface area contributed by atoms with E-state index in [0.29, 0.717) is 13.0 Å². The number of H-pyrrole nitrogens is 1. The van der Waals surface area contributed by atoms with Crippen molar-refractivity contribution in [2.24, 2.45) is 0 Å². The number of amides is 1. The first-order valence-corrected chi connectivity index (χ1v) is 8.53. The number of carbonyl (C=O) groups is 1. The first-order chi connectivity index (χ1) is 10.1. The predicted molar refractivity (Wildman–Crippen MR) is 88.8 cm³/mol. The van der Waals surface area contributed by atoms with Crippen molar-refractivity contribution in [3.63, 3.8) is 0 Å². The number of fused-ring (bicyclic) bond motifs is 1. The number of hydrogen-bond donors (Lipinski definition) is 3. The van der Waals surface area contributed by atoms with E-state index in [4.69, 9.17) is 0 Å². The smallest absolute Gasteiger partial charge is 0.248 e. The Morgan fingerprint density at radius 1 is 1.43 bits per heavy atom. The van der Waals surface area contributed by atoms with Crippen LogP contribution in [0, 0.1) is 6.92 Å². The van der Waals surface area contributed by atoms with Gasteiger partial charge >= 0.3 is 0 Å². The van der Waals surface area contributed by atoms with Crippen LogP contribution in [0.2, 0.25) is 0 Å². The molecule has 0 aliphatic carbocycles. The van der Waals surface area contributed by atoms with Crippen LogP contribution in [0.15, 0.2) is 24.3 Å². The van der Waals surface area contributed by atoms with E-state index < -0.39 is 6.10 Å². The van der Waals surface area contributed by atoms with Crippen molar-refractivity contribution in [1.82, 2.24) is 10.3 Å². The van der Waals surface area contributed by atoms with Crippen LogP contribution in [0.5, 0.6) is 0 Å². The van der Waals surface area contributed by atoms with Gasteiger partial charge in [-0.3, -0.25) is 4.79 Å². The van der Waals surface area contributed by atoms with Crippen LogP contribution in [0.25, 0.3) is 10.9 Å². The van der Waals surface area contributed by atoms with Crippen molar-refractivity contribution in [3.05, 3.63) is 35.5 Å². The van der Waals surface area contributed by atoms with Crippen molar-refractivity contribution >= 4 is 28.6 Å². The molecular weight excluding hydrogens is 284 g/mol. The van der Waals surface area contributed by atoms with Crippen molar-refractivity contribution < 1.29 is 9.90 Å². The highest BCUT2D eigenvalue weighted by Crippen LogP contribution is 2.21. The standard InChI is InChI=1S/C16H22N2O2S/c1-11-12(13-5-3-4-6-14(13)18-11)7-9-17-16(20)15(19)8-10-21-2/h3-6,15,18-19H,7-10H2,1-2H3,(H,17,20)/t15-/m1/s1. The second kappa shape index (κ2) is 7.52. The van der Waals surface area contributed by atoms with Crippen LogP contribution in [-0.2, 0) is 11.2 Å². The third-order valence-corrected chi connectivity index (χ3v) is 4.24. The summed E-state index contributed by atoms with van der Waals surface area (Å²) in [6.45, 7) is 2.59. The Balaban J connectivity index is 1.90.